The van der Waals surface area contributed by atoms with Crippen molar-refractivity contribution in [3.05, 3.63) is 22.4 Å². The largest absolute Gasteiger partial charge is 0.399 e. The molecule has 0 atom stereocenters. The summed E-state index contributed by atoms with van der Waals surface area (Å²) in [6, 6.07) is 2.46. The Labute approximate surface area is 131 Å². The minimum Gasteiger partial charge on any atom is -0.399 e. The normalized spacial score (nSPS) is 18.0. The number of rotatable bonds is 4. The number of hydrogen-bond donors (Lipinski definition) is 2. The molecule has 21 heavy (non-hydrogen) atoms. The Kier molecular flexibility index (Phi) is 5.20. The molecule has 3 N–H and O–H groups in total. The summed E-state index contributed by atoms with van der Waals surface area (Å²) in [5.41, 5.74) is 5.78. The molecule has 1 aliphatic rings. The van der Waals surface area contributed by atoms with Crippen LogP contribution >= 0.6 is 15.9 Å². The van der Waals surface area contributed by atoms with Crippen molar-refractivity contribution in [2.24, 2.45) is 0 Å². The third kappa shape index (κ3) is 3.54. The fourth-order valence-corrected chi connectivity index (χ4v) is 4.40. The molecule has 1 saturated heterocycles. The molecule has 1 fully saturated rings. The molecule has 9 heteroatoms. The topological polar surface area (TPSA) is 86.9 Å². The second-order valence-electron chi connectivity index (χ2n) is 4.78. The van der Waals surface area contributed by atoms with E-state index in [1.54, 1.807) is 0 Å². The van der Waals surface area contributed by atoms with Gasteiger partial charge in [0.15, 0.2) is 5.82 Å². The van der Waals surface area contributed by atoms with E-state index in [4.69, 9.17) is 10.8 Å². The molecular weight excluding hydrogens is 365 g/mol. The highest BCUT2D eigenvalue weighted by atomic mass is 79.9. The van der Waals surface area contributed by atoms with Crippen molar-refractivity contribution in [2.45, 2.75) is 4.90 Å². The van der Waals surface area contributed by atoms with Crippen LogP contribution in [0.15, 0.2) is 21.5 Å². The number of anilines is 1. The van der Waals surface area contributed by atoms with E-state index in [0.717, 1.165) is 6.07 Å². The highest BCUT2D eigenvalue weighted by molar-refractivity contribution is 9.10. The van der Waals surface area contributed by atoms with Crippen molar-refractivity contribution in [1.82, 2.24) is 9.21 Å². The van der Waals surface area contributed by atoms with E-state index in [2.05, 4.69) is 15.9 Å². The van der Waals surface area contributed by atoms with Crippen LogP contribution in [0.4, 0.5) is 10.1 Å². The van der Waals surface area contributed by atoms with Gasteiger partial charge in [0.1, 0.15) is 4.90 Å². The number of hydrogen-bond acceptors (Lipinski definition) is 5. The lowest BCUT2D eigenvalue weighted by atomic mass is 10.3. The number of β-amino-alcohol motifs (C(OH)–C–C–N with tert-alkyl or cyclic N) is 1. The van der Waals surface area contributed by atoms with E-state index in [-0.39, 0.29) is 29.9 Å². The number of benzene rings is 1. The molecule has 0 aromatic heterocycles. The van der Waals surface area contributed by atoms with Gasteiger partial charge in [0.05, 0.1) is 11.1 Å². The summed E-state index contributed by atoms with van der Waals surface area (Å²) in [6.45, 7) is 2.06. The summed E-state index contributed by atoms with van der Waals surface area (Å²) < 4.78 is 40.4. The standard InChI is InChI=1S/C12H17BrFN3O3S/c13-10-7-9(15)8-11(12(10)14)21(19,20)17-3-1-16(2-4-17)5-6-18/h7-8,18H,1-6,15H2. The van der Waals surface area contributed by atoms with Crippen LogP contribution in [0.1, 0.15) is 0 Å². The number of nitrogen functional groups attached to an aromatic ring is 1. The predicted molar refractivity (Wildman–Crippen MR) is 80.8 cm³/mol. The van der Waals surface area contributed by atoms with Crippen molar-refractivity contribution in [3.63, 3.8) is 0 Å². The molecule has 6 nitrogen and oxygen atoms in total. The summed E-state index contributed by atoms with van der Waals surface area (Å²) >= 11 is 2.97. The monoisotopic (exact) mass is 381 g/mol. The van der Waals surface area contributed by atoms with E-state index in [9.17, 15) is 12.8 Å². The molecule has 1 aromatic carbocycles. The van der Waals surface area contributed by atoms with Gasteiger partial charge in [-0.2, -0.15) is 4.31 Å². The Morgan fingerprint density at radius 2 is 1.90 bits per heavy atom. The molecule has 0 bridgehead atoms. The lowest BCUT2D eigenvalue weighted by Gasteiger charge is -2.33. The molecule has 0 spiro atoms. The fourth-order valence-electron chi connectivity index (χ4n) is 2.25. The lowest BCUT2D eigenvalue weighted by molar-refractivity contribution is 0.151. The first-order chi connectivity index (χ1) is 9.86. The fraction of sp³-hybridized carbons (Fsp3) is 0.500. The third-order valence-corrected chi connectivity index (χ3v) is 5.86. The van der Waals surface area contributed by atoms with Gasteiger partial charge in [-0.3, -0.25) is 4.90 Å². The van der Waals surface area contributed by atoms with E-state index in [1.807, 2.05) is 4.90 Å². The maximum absolute atomic E-state index is 14.1. The number of aliphatic hydroxyl groups is 1. The first-order valence-electron chi connectivity index (χ1n) is 6.44. The summed E-state index contributed by atoms with van der Waals surface area (Å²) in [4.78, 5) is 1.54. The van der Waals surface area contributed by atoms with E-state index in [1.165, 1.54) is 10.4 Å². The van der Waals surface area contributed by atoms with Gasteiger partial charge in [0.25, 0.3) is 0 Å². The molecule has 2 rings (SSSR count). The Morgan fingerprint density at radius 1 is 1.29 bits per heavy atom. The van der Waals surface area contributed by atoms with Crippen molar-refractivity contribution in [3.8, 4) is 0 Å². The van der Waals surface area contributed by atoms with Crippen LogP contribution in [0.3, 0.4) is 0 Å². The van der Waals surface area contributed by atoms with Crippen LogP contribution in [-0.2, 0) is 10.0 Å². The lowest BCUT2D eigenvalue weighted by Crippen LogP contribution is -2.49. The predicted octanol–water partition coefficient (Wildman–Crippen LogP) is 0.469. The first-order valence-corrected chi connectivity index (χ1v) is 8.67. The van der Waals surface area contributed by atoms with Crippen LogP contribution in [0, 0.1) is 5.82 Å². The van der Waals surface area contributed by atoms with Gasteiger partial charge in [-0.25, -0.2) is 12.8 Å². The van der Waals surface area contributed by atoms with Crippen LogP contribution in [-0.4, -0.2) is 62.1 Å². The zero-order chi connectivity index (χ0) is 15.6. The average Bonchev–Trinajstić information content (AvgIpc) is 2.43. The molecule has 1 heterocycles. The quantitative estimate of drug-likeness (QED) is 0.740. The van der Waals surface area contributed by atoms with Crippen molar-refractivity contribution >= 4 is 31.6 Å². The highest BCUT2D eigenvalue weighted by Crippen LogP contribution is 2.28. The summed E-state index contributed by atoms with van der Waals surface area (Å²) in [6.07, 6.45) is 0. The molecule has 0 aliphatic carbocycles. The van der Waals surface area contributed by atoms with Gasteiger partial charge >= 0.3 is 0 Å². The molecule has 1 aromatic rings. The SMILES string of the molecule is Nc1cc(Br)c(F)c(S(=O)(=O)N2CCN(CCO)CC2)c1. The van der Waals surface area contributed by atoms with Gasteiger partial charge < -0.3 is 10.8 Å². The van der Waals surface area contributed by atoms with Crippen LogP contribution in [0.5, 0.6) is 0 Å². The number of piperazine rings is 1. The number of halogens is 2. The van der Waals surface area contributed by atoms with E-state index in [0.29, 0.717) is 19.6 Å². The second kappa shape index (κ2) is 6.57. The third-order valence-electron chi connectivity index (χ3n) is 3.38. The molecule has 0 unspecified atom stereocenters. The van der Waals surface area contributed by atoms with E-state index >= 15 is 0 Å². The van der Waals surface area contributed by atoms with Gasteiger partial charge in [0, 0.05) is 38.4 Å². The molecule has 1 aliphatic heterocycles. The number of aliphatic hydroxyl groups excluding tert-OH is 1. The van der Waals surface area contributed by atoms with Gasteiger partial charge in [-0.05, 0) is 28.1 Å². The Morgan fingerprint density at radius 3 is 2.48 bits per heavy atom. The first kappa shape index (κ1) is 16.6. The number of nitrogens with two attached hydrogens (primary N) is 1. The summed E-state index contributed by atoms with van der Waals surface area (Å²) in [5.74, 6) is -0.831. The zero-order valence-electron chi connectivity index (χ0n) is 11.3. The van der Waals surface area contributed by atoms with Crippen molar-refractivity contribution in [1.29, 1.82) is 0 Å². The molecule has 0 radical (unpaired) electrons. The van der Waals surface area contributed by atoms with Crippen LogP contribution in [0.25, 0.3) is 0 Å². The second-order valence-corrected chi connectivity index (χ2v) is 7.54. The Bertz CT molecular complexity index is 618. The molecule has 0 saturated carbocycles. The van der Waals surface area contributed by atoms with Crippen molar-refractivity contribution in [2.75, 3.05) is 45.1 Å². The average molecular weight is 382 g/mol. The van der Waals surface area contributed by atoms with Gasteiger partial charge in [0.2, 0.25) is 10.0 Å². The zero-order valence-corrected chi connectivity index (χ0v) is 13.7. The minimum absolute atomic E-state index is 0.0278. The Balaban J connectivity index is 2.24. The smallest absolute Gasteiger partial charge is 0.246 e. The van der Waals surface area contributed by atoms with Crippen molar-refractivity contribution < 1.29 is 17.9 Å². The van der Waals surface area contributed by atoms with Gasteiger partial charge in [-0.1, -0.05) is 0 Å². The molecule has 118 valence electrons. The molecular formula is C12H17BrFN3O3S. The minimum atomic E-state index is -3.92. The van der Waals surface area contributed by atoms with Gasteiger partial charge in [-0.15, -0.1) is 0 Å². The highest BCUT2D eigenvalue weighted by Gasteiger charge is 2.31. The summed E-state index contributed by atoms with van der Waals surface area (Å²) in [5, 5.41) is 8.88. The number of nitrogens with zero attached hydrogens (tertiary/aromatic N) is 2. The van der Waals surface area contributed by atoms with E-state index < -0.39 is 20.7 Å². The molecule has 0 amide bonds. The summed E-state index contributed by atoms with van der Waals surface area (Å²) in [7, 11) is -3.92. The van der Waals surface area contributed by atoms with Crippen LogP contribution < -0.4 is 5.73 Å². The number of sulfonamides is 1. The Hall–Kier alpha value is -0.740. The van der Waals surface area contributed by atoms with Crippen LogP contribution in [0.2, 0.25) is 0 Å². The maximum Gasteiger partial charge on any atom is 0.246 e. The maximum atomic E-state index is 14.1.